The molecule has 0 aliphatic carbocycles. The molecule has 3 rings (SSSR count). The number of hydrogen-bond acceptors (Lipinski definition) is 5. The molecule has 0 bridgehead atoms. The maximum Gasteiger partial charge on any atom is 0.415 e. The molecule has 6 heteroatoms. The number of esters is 1. The van der Waals surface area contributed by atoms with Crippen molar-refractivity contribution in [2.75, 3.05) is 19.1 Å². The molecule has 0 aromatic heterocycles. The van der Waals surface area contributed by atoms with E-state index >= 15 is 0 Å². The van der Waals surface area contributed by atoms with Crippen LogP contribution in [0, 0.1) is 0 Å². The number of carbonyl (C=O) groups excluding carboxylic acids is 2. The predicted molar refractivity (Wildman–Crippen MR) is 86.9 cm³/mol. The molecule has 0 spiro atoms. The first-order valence-corrected chi connectivity index (χ1v) is 7.42. The molecule has 1 aliphatic rings. The van der Waals surface area contributed by atoms with Crippen LogP contribution in [0.4, 0.5) is 10.5 Å². The van der Waals surface area contributed by atoms with Crippen LogP contribution in [0.15, 0.2) is 54.6 Å². The van der Waals surface area contributed by atoms with Crippen LogP contribution < -0.4 is 9.64 Å². The van der Waals surface area contributed by atoms with Gasteiger partial charge in [0.1, 0.15) is 5.75 Å². The maximum absolute atomic E-state index is 12.4. The van der Waals surface area contributed by atoms with E-state index in [9.17, 15) is 9.59 Å². The van der Waals surface area contributed by atoms with Gasteiger partial charge in [-0.1, -0.05) is 30.3 Å². The highest BCUT2D eigenvalue weighted by Gasteiger charge is 2.48. The number of nitrogens with zero attached hydrogens (tertiary/aromatic N) is 1. The van der Waals surface area contributed by atoms with Crippen LogP contribution in [0.3, 0.4) is 0 Å². The van der Waals surface area contributed by atoms with Crippen LogP contribution in [0.5, 0.6) is 5.75 Å². The monoisotopic (exact) mass is 327 g/mol. The molecule has 1 amide bonds. The Hall–Kier alpha value is -3.02. The van der Waals surface area contributed by atoms with Gasteiger partial charge in [-0.3, -0.25) is 4.90 Å². The largest absolute Gasteiger partial charge is 0.497 e. The lowest BCUT2D eigenvalue weighted by Crippen LogP contribution is -2.41. The van der Waals surface area contributed by atoms with E-state index in [0.29, 0.717) is 11.4 Å². The molecule has 2 aromatic rings. The SMILES string of the molecule is COC(=O)C1C(c2ccccc2)OC(=O)N1c1ccc(OC)cc1. The summed E-state index contributed by atoms with van der Waals surface area (Å²) < 4.78 is 15.5. The molecule has 0 saturated carbocycles. The minimum atomic E-state index is -0.890. The van der Waals surface area contributed by atoms with Gasteiger partial charge >= 0.3 is 12.1 Å². The second-order valence-electron chi connectivity index (χ2n) is 5.25. The molecule has 2 aromatic carbocycles. The average Bonchev–Trinajstić information content (AvgIpc) is 2.99. The third kappa shape index (κ3) is 2.78. The van der Waals surface area contributed by atoms with Crippen molar-refractivity contribution < 1.29 is 23.8 Å². The summed E-state index contributed by atoms with van der Waals surface area (Å²) in [4.78, 5) is 26.0. The number of cyclic esters (lactones) is 1. The zero-order valence-electron chi connectivity index (χ0n) is 13.3. The molecule has 1 aliphatic heterocycles. The Kier molecular flexibility index (Phi) is 4.37. The van der Waals surface area contributed by atoms with Crippen molar-refractivity contribution >= 4 is 17.7 Å². The first kappa shape index (κ1) is 15.9. The van der Waals surface area contributed by atoms with E-state index < -0.39 is 24.2 Å². The summed E-state index contributed by atoms with van der Waals surface area (Å²) in [5.74, 6) is 0.117. The van der Waals surface area contributed by atoms with Crippen LogP contribution >= 0.6 is 0 Å². The van der Waals surface area contributed by atoms with E-state index in [1.165, 1.54) is 12.0 Å². The fraction of sp³-hybridized carbons (Fsp3) is 0.222. The lowest BCUT2D eigenvalue weighted by molar-refractivity contribution is -0.143. The van der Waals surface area contributed by atoms with E-state index in [1.807, 2.05) is 30.3 Å². The van der Waals surface area contributed by atoms with Crippen molar-refractivity contribution in [1.29, 1.82) is 0 Å². The maximum atomic E-state index is 12.4. The number of hydrogen-bond donors (Lipinski definition) is 0. The molecule has 124 valence electrons. The summed E-state index contributed by atoms with van der Waals surface area (Å²) in [5.41, 5.74) is 1.27. The Labute approximate surface area is 139 Å². The Morgan fingerprint density at radius 3 is 2.29 bits per heavy atom. The quantitative estimate of drug-likeness (QED) is 0.808. The smallest absolute Gasteiger partial charge is 0.415 e. The predicted octanol–water partition coefficient (Wildman–Crippen LogP) is 2.93. The van der Waals surface area contributed by atoms with Gasteiger partial charge in [0.2, 0.25) is 0 Å². The van der Waals surface area contributed by atoms with Gasteiger partial charge in [0, 0.05) is 5.69 Å². The second-order valence-corrected chi connectivity index (χ2v) is 5.25. The summed E-state index contributed by atoms with van der Waals surface area (Å²) in [7, 11) is 2.85. The molecule has 24 heavy (non-hydrogen) atoms. The lowest BCUT2D eigenvalue weighted by atomic mass is 10.0. The van der Waals surface area contributed by atoms with Crippen LogP contribution in [0.2, 0.25) is 0 Å². The van der Waals surface area contributed by atoms with Crippen molar-refractivity contribution in [1.82, 2.24) is 0 Å². The van der Waals surface area contributed by atoms with Crippen LogP contribution in [-0.4, -0.2) is 32.3 Å². The van der Waals surface area contributed by atoms with Crippen molar-refractivity contribution in [3.05, 3.63) is 60.2 Å². The van der Waals surface area contributed by atoms with E-state index in [1.54, 1.807) is 31.4 Å². The van der Waals surface area contributed by atoms with E-state index in [0.717, 1.165) is 5.56 Å². The normalized spacial score (nSPS) is 19.8. The number of rotatable bonds is 4. The van der Waals surface area contributed by atoms with Gasteiger partial charge in [0.05, 0.1) is 14.2 Å². The molecular weight excluding hydrogens is 310 g/mol. The number of carbonyl (C=O) groups is 2. The lowest BCUT2D eigenvalue weighted by Gasteiger charge is -2.22. The molecular formula is C18H17NO5. The molecule has 2 unspecified atom stereocenters. The van der Waals surface area contributed by atoms with E-state index in [-0.39, 0.29) is 0 Å². The molecule has 1 fully saturated rings. The highest BCUT2D eigenvalue weighted by Crippen LogP contribution is 2.37. The topological polar surface area (TPSA) is 65.1 Å². The number of ether oxygens (including phenoxy) is 3. The number of benzene rings is 2. The second kappa shape index (κ2) is 6.62. The fourth-order valence-electron chi connectivity index (χ4n) is 2.73. The summed E-state index contributed by atoms with van der Waals surface area (Å²) >= 11 is 0. The van der Waals surface area contributed by atoms with E-state index in [2.05, 4.69) is 0 Å². The van der Waals surface area contributed by atoms with Crippen LogP contribution in [-0.2, 0) is 14.3 Å². The average molecular weight is 327 g/mol. The Bertz CT molecular complexity index is 729. The number of amides is 1. The van der Waals surface area contributed by atoms with Gasteiger partial charge in [0.25, 0.3) is 0 Å². The van der Waals surface area contributed by atoms with Crippen molar-refractivity contribution in [2.24, 2.45) is 0 Å². The highest BCUT2D eigenvalue weighted by atomic mass is 16.6. The Balaban J connectivity index is 2.00. The zero-order valence-corrected chi connectivity index (χ0v) is 13.3. The van der Waals surface area contributed by atoms with Crippen molar-refractivity contribution in [2.45, 2.75) is 12.1 Å². The molecule has 0 radical (unpaired) electrons. The van der Waals surface area contributed by atoms with Gasteiger partial charge in [-0.15, -0.1) is 0 Å². The van der Waals surface area contributed by atoms with Crippen molar-refractivity contribution in [3.63, 3.8) is 0 Å². The molecule has 0 N–H and O–H groups in total. The van der Waals surface area contributed by atoms with Crippen LogP contribution in [0.1, 0.15) is 11.7 Å². The first-order chi connectivity index (χ1) is 11.7. The molecule has 1 saturated heterocycles. The summed E-state index contributed by atoms with van der Waals surface area (Å²) in [6, 6.07) is 15.1. The van der Waals surface area contributed by atoms with Gasteiger partial charge in [-0.2, -0.15) is 0 Å². The number of anilines is 1. The van der Waals surface area contributed by atoms with E-state index in [4.69, 9.17) is 14.2 Å². The standard InChI is InChI=1S/C18H17NO5/c1-22-14-10-8-13(9-11-14)19-15(17(20)23-2)16(24-18(19)21)12-6-4-3-5-7-12/h3-11,15-16H,1-2H3. The third-order valence-electron chi connectivity index (χ3n) is 3.91. The number of methoxy groups -OCH3 is 2. The highest BCUT2D eigenvalue weighted by molar-refractivity contribution is 5.99. The summed E-state index contributed by atoms with van der Waals surface area (Å²) in [6.45, 7) is 0. The van der Waals surface area contributed by atoms with Gasteiger partial charge in [-0.25, -0.2) is 9.59 Å². The zero-order chi connectivity index (χ0) is 17.1. The summed E-state index contributed by atoms with van der Waals surface area (Å²) in [5, 5.41) is 0. The summed E-state index contributed by atoms with van der Waals surface area (Å²) in [6.07, 6.45) is -1.32. The minimum Gasteiger partial charge on any atom is -0.497 e. The van der Waals surface area contributed by atoms with Gasteiger partial charge in [0.15, 0.2) is 12.1 Å². The third-order valence-corrected chi connectivity index (χ3v) is 3.91. The Morgan fingerprint density at radius 2 is 1.71 bits per heavy atom. The first-order valence-electron chi connectivity index (χ1n) is 7.42. The van der Waals surface area contributed by atoms with Gasteiger partial charge < -0.3 is 14.2 Å². The molecule has 2 atom stereocenters. The molecule has 6 nitrogen and oxygen atoms in total. The Morgan fingerprint density at radius 1 is 1.04 bits per heavy atom. The fourth-order valence-corrected chi connectivity index (χ4v) is 2.73. The van der Waals surface area contributed by atoms with Crippen LogP contribution in [0.25, 0.3) is 0 Å². The van der Waals surface area contributed by atoms with Gasteiger partial charge in [-0.05, 0) is 29.8 Å². The van der Waals surface area contributed by atoms with Crippen molar-refractivity contribution in [3.8, 4) is 5.75 Å². The molecule has 1 heterocycles. The minimum absolute atomic E-state index is 0.537.